The molecule has 1 aliphatic rings. The number of nitrogens with one attached hydrogen (secondary N) is 1. The van der Waals surface area contributed by atoms with Gasteiger partial charge < -0.3 is 14.8 Å². The van der Waals surface area contributed by atoms with Gasteiger partial charge in [0.1, 0.15) is 11.5 Å². The summed E-state index contributed by atoms with van der Waals surface area (Å²) >= 11 is 0. The van der Waals surface area contributed by atoms with E-state index in [1.54, 1.807) is 14.2 Å². The molecular formula is C18H29N3O3. The maximum absolute atomic E-state index is 11.8. The molecule has 0 aromatic heterocycles. The smallest absolute Gasteiger partial charge is 0.234 e. The van der Waals surface area contributed by atoms with Gasteiger partial charge in [0.15, 0.2) is 0 Å². The third-order valence-corrected chi connectivity index (χ3v) is 4.22. The third-order valence-electron chi connectivity index (χ3n) is 4.22. The van der Waals surface area contributed by atoms with Crippen LogP contribution in [0, 0.1) is 0 Å². The first-order valence-electron chi connectivity index (χ1n) is 8.58. The SMILES string of the molecule is CCCNC(=O)CN1CCN(Cc2cc(OC)cc(OC)c2)CC1. The fourth-order valence-corrected chi connectivity index (χ4v) is 2.84. The van der Waals surface area contributed by atoms with Gasteiger partial charge in [-0.25, -0.2) is 0 Å². The summed E-state index contributed by atoms with van der Waals surface area (Å²) in [6.07, 6.45) is 0.976. The van der Waals surface area contributed by atoms with Crippen LogP contribution in [0.25, 0.3) is 0 Å². The van der Waals surface area contributed by atoms with Crippen LogP contribution in [0.3, 0.4) is 0 Å². The largest absolute Gasteiger partial charge is 0.497 e. The minimum Gasteiger partial charge on any atom is -0.497 e. The fourth-order valence-electron chi connectivity index (χ4n) is 2.84. The second-order valence-corrected chi connectivity index (χ2v) is 6.12. The van der Waals surface area contributed by atoms with Gasteiger partial charge in [-0.05, 0) is 24.1 Å². The van der Waals surface area contributed by atoms with E-state index in [1.165, 1.54) is 5.56 Å². The van der Waals surface area contributed by atoms with E-state index in [1.807, 2.05) is 18.2 Å². The maximum atomic E-state index is 11.8. The maximum Gasteiger partial charge on any atom is 0.234 e. The van der Waals surface area contributed by atoms with E-state index in [2.05, 4.69) is 22.0 Å². The molecule has 0 atom stereocenters. The number of nitrogens with zero attached hydrogens (tertiary/aromatic N) is 2. The van der Waals surface area contributed by atoms with Crippen molar-refractivity contribution in [3.05, 3.63) is 23.8 Å². The van der Waals surface area contributed by atoms with Crippen LogP contribution in [0.1, 0.15) is 18.9 Å². The average molecular weight is 335 g/mol. The van der Waals surface area contributed by atoms with E-state index in [0.29, 0.717) is 6.54 Å². The zero-order chi connectivity index (χ0) is 17.4. The number of piperazine rings is 1. The number of ether oxygens (including phenoxy) is 2. The van der Waals surface area contributed by atoms with Crippen LogP contribution < -0.4 is 14.8 Å². The summed E-state index contributed by atoms with van der Waals surface area (Å²) in [6, 6.07) is 5.98. The zero-order valence-electron chi connectivity index (χ0n) is 15.0. The van der Waals surface area contributed by atoms with Crippen molar-refractivity contribution in [2.24, 2.45) is 0 Å². The van der Waals surface area contributed by atoms with Crippen molar-refractivity contribution in [2.45, 2.75) is 19.9 Å². The molecule has 6 heteroatoms. The molecule has 1 amide bonds. The molecule has 0 unspecified atom stereocenters. The predicted molar refractivity (Wildman–Crippen MR) is 94.6 cm³/mol. The van der Waals surface area contributed by atoms with Crippen molar-refractivity contribution in [2.75, 3.05) is 53.5 Å². The lowest BCUT2D eigenvalue weighted by molar-refractivity contribution is -0.122. The number of amides is 1. The van der Waals surface area contributed by atoms with Crippen LogP contribution in [0.15, 0.2) is 18.2 Å². The minimum absolute atomic E-state index is 0.128. The molecular weight excluding hydrogens is 306 g/mol. The lowest BCUT2D eigenvalue weighted by Crippen LogP contribution is -2.49. The van der Waals surface area contributed by atoms with Crippen LogP contribution >= 0.6 is 0 Å². The summed E-state index contributed by atoms with van der Waals surface area (Å²) in [5, 5.41) is 2.93. The Labute approximate surface area is 144 Å². The van der Waals surface area contributed by atoms with Crippen LogP contribution in [-0.2, 0) is 11.3 Å². The van der Waals surface area contributed by atoms with Crippen molar-refractivity contribution >= 4 is 5.91 Å². The van der Waals surface area contributed by atoms with E-state index in [0.717, 1.165) is 57.2 Å². The molecule has 0 aliphatic carbocycles. The lowest BCUT2D eigenvalue weighted by Gasteiger charge is -2.34. The number of carbonyl (C=O) groups is 1. The normalized spacial score (nSPS) is 16.0. The highest BCUT2D eigenvalue weighted by molar-refractivity contribution is 5.77. The Morgan fingerprint density at radius 2 is 1.62 bits per heavy atom. The van der Waals surface area contributed by atoms with Gasteiger partial charge in [0.25, 0.3) is 0 Å². The summed E-state index contributed by atoms with van der Waals surface area (Å²) < 4.78 is 10.7. The van der Waals surface area contributed by atoms with Gasteiger partial charge in [-0.15, -0.1) is 0 Å². The van der Waals surface area contributed by atoms with Gasteiger partial charge in [-0.3, -0.25) is 14.6 Å². The van der Waals surface area contributed by atoms with Gasteiger partial charge in [-0.1, -0.05) is 6.92 Å². The second kappa shape index (κ2) is 9.49. The van der Waals surface area contributed by atoms with Gasteiger partial charge in [-0.2, -0.15) is 0 Å². The lowest BCUT2D eigenvalue weighted by atomic mass is 10.1. The zero-order valence-corrected chi connectivity index (χ0v) is 15.0. The molecule has 1 saturated heterocycles. The van der Waals surface area contributed by atoms with Gasteiger partial charge in [0.2, 0.25) is 5.91 Å². The molecule has 1 N–H and O–H groups in total. The van der Waals surface area contributed by atoms with Crippen LogP contribution in [-0.4, -0.2) is 69.2 Å². The van der Waals surface area contributed by atoms with Gasteiger partial charge in [0.05, 0.1) is 20.8 Å². The number of methoxy groups -OCH3 is 2. The van der Waals surface area contributed by atoms with E-state index in [-0.39, 0.29) is 5.91 Å². The van der Waals surface area contributed by atoms with Crippen molar-refractivity contribution in [3.8, 4) is 11.5 Å². The number of benzene rings is 1. The van der Waals surface area contributed by atoms with Crippen LogP contribution in [0.4, 0.5) is 0 Å². The van der Waals surface area contributed by atoms with Crippen LogP contribution in [0.5, 0.6) is 11.5 Å². The average Bonchev–Trinajstić information content (AvgIpc) is 2.61. The van der Waals surface area contributed by atoms with E-state index in [9.17, 15) is 4.79 Å². The van der Waals surface area contributed by atoms with Crippen molar-refractivity contribution in [1.29, 1.82) is 0 Å². The Kier molecular flexibility index (Phi) is 7.34. The van der Waals surface area contributed by atoms with Crippen molar-refractivity contribution < 1.29 is 14.3 Å². The number of carbonyl (C=O) groups excluding carboxylic acids is 1. The summed E-state index contributed by atoms with van der Waals surface area (Å²) in [4.78, 5) is 16.4. The molecule has 2 rings (SSSR count). The molecule has 0 radical (unpaired) electrons. The highest BCUT2D eigenvalue weighted by Crippen LogP contribution is 2.23. The number of rotatable bonds is 8. The molecule has 1 fully saturated rings. The summed E-state index contributed by atoms with van der Waals surface area (Å²) in [6.45, 7) is 7.94. The van der Waals surface area contributed by atoms with Gasteiger partial charge in [0, 0.05) is 45.3 Å². The monoisotopic (exact) mass is 335 g/mol. The Balaban J connectivity index is 1.81. The van der Waals surface area contributed by atoms with Crippen molar-refractivity contribution in [3.63, 3.8) is 0 Å². The molecule has 1 aromatic carbocycles. The first-order valence-corrected chi connectivity index (χ1v) is 8.58. The second-order valence-electron chi connectivity index (χ2n) is 6.12. The molecule has 6 nitrogen and oxygen atoms in total. The molecule has 1 aliphatic heterocycles. The number of hydrogen-bond donors (Lipinski definition) is 1. The highest BCUT2D eigenvalue weighted by Gasteiger charge is 2.19. The van der Waals surface area contributed by atoms with E-state index in [4.69, 9.17) is 9.47 Å². The highest BCUT2D eigenvalue weighted by atomic mass is 16.5. The Morgan fingerprint density at radius 1 is 1.04 bits per heavy atom. The van der Waals surface area contributed by atoms with Crippen LogP contribution in [0.2, 0.25) is 0 Å². The molecule has 24 heavy (non-hydrogen) atoms. The summed E-state index contributed by atoms with van der Waals surface area (Å²) in [5.41, 5.74) is 1.18. The predicted octanol–water partition coefficient (Wildman–Crippen LogP) is 1.35. The summed E-state index contributed by atoms with van der Waals surface area (Å²) in [7, 11) is 3.34. The molecule has 1 aromatic rings. The minimum atomic E-state index is 0.128. The molecule has 0 saturated carbocycles. The van der Waals surface area contributed by atoms with E-state index >= 15 is 0 Å². The molecule has 1 heterocycles. The number of hydrogen-bond acceptors (Lipinski definition) is 5. The first-order chi connectivity index (χ1) is 11.6. The third kappa shape index (κ3) is 5.69. The Morgan fingerprint density at radius 3 is 2.17 bits per heavy atom. The fraction of sp³-hybridized carbons (Fsp3) is 0.611. The topological polar surface area (TPSA) is 54.0 Å². The molecule has 0 bridgehead atoms. The summed E-state index contributed by atoms with van der Waals surface area (Å²) in [5.74, 6) is 1.76. The van der Waals surface area contributed by atoms with Gasteiger partial charge >= 0.3 is 0 Å². The standard InChI is InChI=1S/C18H29N3O3/c1-4-5-19-18(22)14-21-8-6-20(7-9-21)13-15-10-16(23-2)12-17(11-15)24-3/h10-12H,4-9,13-14H2,1-3H3,(H,19,22). The Hall–Kier alpha value is -1.79. The van der Waals surface area contributed by atoms with Crippen molar-refractivity contribution in [1.82, 2.24) is 15.1 Å². The Bertz CT molecular complexity index is 506. The molecule has 0 spiro atoms. The van der Waals surface area contributed by atoms with E-state index < -0.39 is 0 Å². The quantitative estimate of drug-likeness (QED) is 0.777. The first kappa shape index (κ1) is 18.5. The molecule has 134 valence electrons.